The third-order valence-electron chi connectivity index (χ3n) is 3.88. The van der Waals surface area contributed by atoms with E-state index in [1.165, 1.54) is 28.8 Å². The number of benzene rings is 2. The molecule has 0 amide bonds. The van der Waals surface area contributed by atoms with E-state index < -0.39 is 0 Å². The van der Waals surface area contributed by atoms with E-state index >= 15 is 0 Å². The normalized spacial score (nSPS) is 14.0. The first-order chi connectivity index (χ1) is 9.95. The Hall–Kier alpha value is -1.67. The Kier molecular flexibility index (Phi) is 5.13. The van der Waals surface area contributed by atoms with Gasteiger partial charge in [0.05, 0.1) is 0 Å². The van der Waals surface area contributed by atoms with Crippen molar-refractivity contribution in [3.05, 3.63) is 70.5 Å². The zero-order valence-corrected chi connectivity index (χ0v) is 13.3. The van der Waals surface area contributed by atoms with E-state index in [1.807, 2.05) is 12.1 Å². The molecule has 0 bridgehead atoms. The van der Waals surface area contributed by atoms with Gasteiger partial charge in [-0.25, -0.2) is 4.39 Å². The molecule has 0 radical (unpaired) electrons. The molecule has 2 heteroatoms. The van der Waals surface area contributed by atoms with Gasteiger partial charge in [-0.15, -0.1) is 0 Å². The van der Waals surface area contributed by atoms with Crippen molar-refractivity contribution < 1.29 is 4.39 Å². The summed E-state index contributed by atoms with van der Waals surface area (Å²) in [5, 5.41) is 3.63. The summed E-state index contributed by atoms with van der Waals surface area (Å²) in [5.74, 6) is -0.178. The van der Waals surface area contributed by atoms with E-state index in [2.05, 4.69) is 51.2 Å². The van der Waals surface area contributed by atoms with Crippen LogP contribution in [-0.4, -0.2) is 6.04 Å². The Labute approximate surface area is 127 Å². The SMILES string of the molecule is Cc1ccc(C(C)NC(C)Cc2ccc(F)cc2)c(C)c1. The van der Waals surface area contributed by atoms with Crippen molar-refractivity contribution in [1.29, 1.82) is 0 Å². The van der Waals surface area contributed by atoms with Crippen molar-refractivity contribution in [1.82, 2.24) is 5.32 Å². The highest BCUT2D eigenvalue weighted by Crippen LogP contribution is 2.19. The van der Waals surface area contributed by atoms with E-state index in [9.17, 15) is 4.39 Å². The molecular weight excluding hydrogens is 261 g/mol. The summed E-state index contributed by atoms with van der Waals surface area (Å²) in [6.07, 6.45) is 0.898. The standard InChI is InChI=1S/C19H24FN/c1-13-5-10-19(14(2)11-13)16(4)21-15(3)12-17-6-8-18(20)9-7-17/h5-11,15-16,21H,12H2,1-4H3. The Morgan fingerprint density at radius 1 is 1.00 bits per heavy atom. The predicted molar refractivity (Wildman–Crippen MR) is 87.0 cm³/mol. The summed E-state index contributed by atoms with van der Waals surface area (Å²) >= 11 is 0. The van der Waals surface area contributed by atoms with Crippen LogP contribution in [0.4, 0.5) is 4.39 Å². The molecule has 0 aliphatic heterocycles. The highest BCUT2D eigenvalue weighted by Gasteiger charge is 2.12. The quantitative estimate of drug-likeness (QED) is 0.838. The third-order valence-corrected chi connectivity index (χ3v) is 3.88. The van der Waals surface area contributed by atoms with Crippen LogP contribution in [0.1, 0.15) is 42.1 Å². The van der Waals surface area contributed by atoms with Crippen molar-refractivity contribution in [3.63, 3.8) is 0 Å². The van der Waals surface area contributed by atoms with Crippen LogP contribution in [0.5, 0.6) is 0 Å². The molecule has 0 fully saturated rings. The van der Waals surface area contributed by atoms with Crippen LogP contribution in [0.2, 0.25) is 0 Å². The summed E-state index contributed by atoms with van der Waals surface area (Å²) in [6.45, 7) is 8.64. The zero-order valence-electron chi connectivity index (χ0n) is 13.3. The van der Waals surface area contributed by atoms with Gasteiger partial charge in [0.1, 0.15) is 5.82 Å². The fourth-order valence-electron chi connectivity index (χ4n) is 2.86. The molecule has 0 spiro atoms. The first kappa shape index (κ1) is 15.7. The topological polar surface area (TPSA) is 12.0 Å². The van der Waals surface area contributed by atoms with Crippen LogP contribution >= 0.6 is 0 Å². The van der Waals surface area contributed by atoms with E-state index in [1.54, 1.807) is 0 Å². The Morgan fingerprint density at radius 2 is 1.67 bits per heavy atom. The molecule has 21 heavy (non-hydrogen) atoms. The van der Waals surface area contributed by atoms with Gasteiger partial charge in [0.15, 0.2) is 0 Å². The molecule has 112 valence electrons. The molecule has 2 aromatic rings. The van der Waals surface area contributed by atoms with E-state index in [0.717, 1.165) is 12.0 Å². The smallest absolute Gasteiger partial charge is 0.123 e. The van der Waals surface area contributed by atoms with Crippen LogP contribution in [0.3, 0.4) is 0 Å². The molecule has 1 nitrogen and oxygen atoms in total. The van der Waals surface area contributed by atoms with Crippen molar-refractivity contribution in [3.8, 4) is 0 Å². The molecule has 0 saturated heterocycles. The van der Waals surface area contributed by atoms with Crippen LogP contribution < -0.4 is 5.32 Å². The fraction of sp³-hybridized carbons (Fsp3) is 0.368. The maximum absolute atomic E-state index is 12.9. The lowest BCUT2D eigenvalue weighted by Crippen LogP contribution is -2.31. The summed E-state index contributed by atoms with van der Waals surface area (Å²) < 4.78 is 12.9. The van der Waals surface area contributed by atoms with Crippen LogP contribution in [-0.2, 0) is 6.42 Å². The molecule has 0 aliphatic rings. The number of nitrogens with one attached hydrogen (secondary N) is 1. The van der Waals surface area contributed by atoms with Gasteiger partial charge in [-0.1, -0.05) is 35.9 Å². The van der Waals surface area contributed by atoms with E-state index in [4.69, 9.17) is 0 Å². The second-order valence-electron chi connectivity index (χ2n) is 5.98. The Balaban J connectivity index is 1.98. The first-order valence-corrected chi connectivity index (χ1v) is 7.53. The molecule has 2 unspecified atom stereocenters. The number of hydrogen-bond donors (Lipinski definition) is 1. The lowest BCUT2D eigenvalue weighted by molar-refractivity contribution is 0.475. The largest absolute Gasteiger partial charge is 0.307 e. The predicted octanol–water partition coefficient (Wildman–Crippen LogP) is 4.72. The monoisotopic (exact) mass is 285 g/mol. The molecule has 0 aliphatic carbocycles. The third kappa shape index (κ3) is 4.40. The number of hydrogen-bond acceptors (Lipinski definition) is 1. The summed E-state index contributed by atoms with van der Waals surface area (Å²) in [5.41, 5.74) is 5.11. The first-order valence-electron chi connectivity index (χ1n) is 7.53. The number of aryl methyl sites for hydroxylation is 2. The van der Waals surface area contributed by atoms with Crippen molar-refractivity contribution >= 4 is 0 Å². The van der Waals surface area contributed by atoms with Crippen LogP contribution in [0.25, 0.3) is 0 Å². The van der Waals surface area contributed by atoms with Gasteiger partial charge in [0, 0.05) is 12.1 Å². The highest BCUT2D eigenvalue weighted by atomic mass is 19.1. The van der Waals surface area contributed by atoms with Gasteiger partial charge in [0.2, 0.25) is 0 Å². The maximum atomic E-state index is 12.9. The van der Waals surface area contributed by atoms with Gasteiger partial charge in [-0.2, -0.15) is 0 Å². The average molecular weight is 285 g/mol. The molecule has 0 saturated carbocycles. The highest BCUT2D eigenvalue weighted by molar-refractivity contribution is 5.32. The van der Waals surface area contributed by atoms with Crippen LogP contribution in [0, 0.1) is 19.7 Å². The second-order valence-corrected chi connectivity index (χ2v) is 5.98. The molecule has 0 heterocycles. The Bertz CT molecular complexity index is 589. The average Bonchev–Trinajstić information content (AvgIpc) is 2.41. The van der Waals surface area contributed by atoms with Crippen molar-refractivity contribution in [2.45, 2.75) is 46.2 Å². The molecule has 2 atom stereocenters. The molecule has 0 aromatic heterocycles. The van der Waals surface area contributed by atoms with Gasteiger partial charge in [-0.05, 0) is 62.9 Å². The number of halogens is 1. The second kappa shape index (κ2) is 6.86. The summed E-state index contributed by atoms with van der Waals surface area (Å²) in [6, 6.07) is 14.0. The summed E-state index contributed by atoms with van der Waals surface area (Å²) in [4.78, 5) is 0. The van der Waals surface area contributed by atoms with Gasteiger partial charge < -0.3 is 5.32 Å². The molecule has 2 rings (SSSR count). The van der Waals surface area contributed by atoms with E-state index in [-0.39, 0.29) is 5.82 Å². The number of rotatable bonds is 5. The maximum Gasteiger partial charge on any atom is 0.123 e. The molecule has 1 N–H and O–H groups in total. The van der Waals surface area contributed by atoms with Crippen LogP contribution in [0.15, 0.2) is 42.5 Å². The summed E-state index contributed by atoms with van der Waals surface area (Å²) in [7, 11) is 0. The van der Waals surface area contributed by atoms with Gasteiger partial charge in [0.25, 0.3) is 0 Å². The minimum Gasteiger partial charge on any atom is -0.307 e. The zero-order chi connectivity index (χ0) is 15.4. The Morgan fingerprint density at radius 3 is 2.29 bits per heavy atom. The van der Waals surface area contributed by atoms with Crippen molar-refractivity contribution in [2.75, 3.05) is 0 Å². The van der Waals surface area contributed by atoms with Gasteiger partial charge >= 0.3 is 0 Å². The molecular formula is C19H24FN. The lowest BCUT2D eigenvalue weighted by atomic mass is 9.99. The molecule has 2 aromatic carbocycles. The fourth-order valence-corrected chi connectivity index (χ4v) is 2.86. The van der Waals surface area contributed by atoms with E-state index in [0.29, 0.717) is 12.1 Å². The minimum atomic E-state index is -0.178. The van der Waals surface area contributed by atoms with Gasteiger partial charge in [-0.3, -0.25) is 0 Å². The van der Waals surface area contributed by atoms with Crippen molar-refractivity contribution in [2.24, 2.45) is 0 Å². The minimum absolute atomic E-state index is 0.178. The lowest BCUT2D eigenvalue weighted by Gasteiger charge is -2.22.